The molecule has 0 aromatic rings. The van der Waals surface area contributed by atoms with E-state index in [2.05, 4.69) is 32.9 Å². The molecule has 0 heterocycles. The Labute approximate surface area is 339 Å². The van der Waals surface area contributed by atoms with Crippen LogP contribution in [0.5, 0.6) is 0 Å². The maximum atomic E-state index is 12.7. The molecule has 0 N–H and O–H groups in total. The summed E-state index contributed by atoms with van der Waals surface area (Å²) in [5.41, 5.74) is 0. The number of hydrogen-bond donors (Lipinski definition) is 0. The minimum atomic E-state index is -0.785. The van der Waals surface area contributed by atoms with Crippen molar-refractivity contribution in [3.05, 3.63) is 60.8 Å². The third-order valence-corrected chi connectivity index (χ3v) is 9.66. The van der Waals surface area contributed by atoms with E-state index in [1.807, 2.05) is 48.6 Å². The Morgan fingerprint density at radius 1 is 0.382 bits per heavy atom. The normalized spacial score (nSPS) is 12.6. The molecule has 1 unspecified atom stereocenters. The van der Waals surface area contributed by atoms with Gasteiger partial charge in [0.15, 0.2) is 6.10 Å². The first-order valence-corrected chi connectivity index (χ1v) is 22.9. The first-order valence-electron chi connectivity index (χ1n) is 22.9. The SMILES string of the molecule is CC\C=C/C=C\C=C/C=C\C=C/CCCCCC(=O)OCC(COC(=O)CCCCCCCCCCC)OC(=O)CCCCCCCCCCCCCCC. The van der Waals surface area contributed by atoms with Gasteiger partial charge in [-0.3, -0.25) is 14.4 Å². The van der Waals surface area contributed by atoms with E-state index in [-0.39, 0.29) is 31.1 Å². The number of esters is 3. The molecule has 0 saturated heterocycles. The molecule has 0 aromatic heterocycles. The van der Waals surface area contributed by atoms with E-state index in [9.17, 15) is 14.4 Å². The molecule has 316 valence electrons. The molecule has 6 nitrogen and oxygen atoms in total. The number of carbonyl (C=O) groups is 3. The molecule has 0 amide bonds. The molecular weight excluding hydrogens is 685 g/mol. The molecule has 0 fully saturated rings. The first-order chi connectivity index (χ1) is 27.0. The van der Waals surface area contributed by atoms with Gasteiger partial charge in [-0.2, -0.15) is 0 Å². The zero-order valence-corrected chi connectivity index (χ0v) is 35.9. The van der Waals surface area contributed by atoms with Crippen molar-refractivity contribution in [3.8, 4) is 0 Å². The summed E-state index contributed by atoms with van der Waals surface area (Å²) < 4.78 is 16.7. The Kier molecular flexibility index (Phi) is 41.5. The predicted octanol–water partition coefficient (Wildman–Crippen LogP) is 14.5. The van der Waals surface area contributed by atoms with Gasteiger partial charge in [0.2, 0.25) is 0 Å². The highest BCUT2D eigenvalue weighted by molar-refractivity contribution is 5.71. The predicted molar refractivity (Wildman–Crippen MR) is 233 cm³/mol. The van der Waals surface area contributed by atoms with Gasteiger partial charge >= 0.3 is 17.9 Å². The van der Waals surface area contributed by atoms with Gasteiger partial charge < -0.3 is 14.2 Å². The van der Waals surface area contributed by atoms with Crippen molar-refractivity contribution in [3.63, 3.8) is 0 Å². The first kappa shape index (κ1) is 52.1. The second kappa shape index (κ2) is 43.8. The van der Waals surface area contributed by atoms with Gasteiger partial charge in [0.05, 0.1) is 0 Å². The lowest BCUT2D eigenvalue weighted by Gasteiger charge is -2.18. The molecule has 6 heteroatoms. The van der Waals surface area contributed by atoms with Crippen LogP contribution in [-0.2, 0) is 28.6 Å². The number of carbonyl (C=O) groups excluding carboxylic acids is 3. The summed E-state index contributed by atoms with van der Waals surface area (Å²) in [6, 6.07) is 0. The van der Waals surface area contributed by atoms with Crippen molar-refractivity contribution in [2.75, 3.05) is 13.2 Å². The summed E-state index contributed by atoms with van der Waals surface area (Å²) in [7, 11) is 0. The number of rotatable bonds is 40. The largest absolute Gasteiger partial charge is 0.462 e. The second-order valence-electron chi connectivity index (χ2n) is 15.1. The minimum absolute atomic E-state index is 0.0859. The van der Waals surface area contributed by atoms with E-state index < -0.39 is 6.10 Å². The number of allylic oxidation sites excluding steroid dienone is 10. The van der Waals surface area contributed by atoms with Crippen LogP contribution in [-0.4, -0.2) is 37.2 Å². The van der Waals surface area contributed by atoms with Gasteiger partial charge in [-0.1, -0.05) is 216 Å². The van der Waals surface area contributed by atoms with Crippen LogP contribution in [0.3, 0.4) is 0 Å². The quantitative estimate of drug-likeness (QED) is 0.0267. The maximum absolute atomic E-state index is 12.7. The Balaban J connectivity index is 4.43. The van der Waals surface area contributed by atoms with Crippen LogP contribution in [0, 0.1) is 0 Å². The highest BCUT2D eigenvalue weighted by Crippen LogP contribution is 2.15. The fourth-order valence-electron chi connectivity index (χ4n) is 6.23. The van der Waals surface area contributed by atoms with E-state index in [4.69, 9.17) is 14.2 Å². The molecule has 0 aliphatic carbocycles. The van der Waals surface area contributed by atoms with E-state index in [0.29, 0.717) is 19.3 Å². The lowest BCUT2D eigenvalue weighted by atomic mass is 10.0. The molecule has 0 radical (unpaired) electrons. The van der Waals surface area contributed by atoms with Crippen LogP contribution in [0.25, 0.3) is 0 Å². The highest BCUT2D eigenvalue weighted by atomic mass is 16.6. The standard InChI is InChI=1S/C49H84O6/c1-4-7-10-13-16-19-21-23-24-26-27-30-33-36-39-42-48(51)54-45-46(44-53-47(50)41-38-35-32-29-18-15-12-9-6-3)55-49(52)43-40-37-34-31-28-25-22-20-17-14-11-8-5-2/h7,10,13,16,19,21,23-24,26-27,46H,4-6,8-9,11-12,14-15,17-18,20,22,25,28-45H2,1-3H3/b10-7-,16-13-,21-19-,24-23-,27-26-. The van der Waals surface area contributed by atoms with E-state index in [1.54, 1.807) is 0 Å². The fourth-order valence-corrected chi connectivity index (χ4v) is 6.23. The van der Waals surface area contributed by atoms with Crippen LogP contribution >= 0.6 is 0 Å². The molecule has 0 spiro atoms. The molecule has 0 bridgehead atoms. The summed E-state index contributed by atoms with van der Waals surface area (Å²) in [4.78, 5) is 37.7. The van der Waals surface area contributed by atoms with Gasteiger partial charge in [0.1, 0.15) is 13.2 Å². The van der Waals surface area contributed by atoms with Crippen LogP contribution in [0.1, 0.15) is 213 Å². The summed E-state index contributed by atoms with van der Waals surface area (Å²) in [5, 5.41) is 0. The Hall–Kier alpha value is -2.89. The molecule has 55 heavy (non-hydrogen) atoms. The van der Waals surface area contributed by atoms with Gasteiger partial charge in [-0.15, -0.1) is 0 Å². The smallest absolute Gasteiger partial charge is 0.306 e. The lowest BCUT2D eigenvalue weighted by molar-refractivity contribution is -0.167. The maximum Gasteiger partial charge on any atom is 0.306 e. The van der Waals surface area contributed by atoms with Crippen molar-refractivity contribution >= 4 is 17.9 Å². The van der Waals surface area contributed by atoms with E-state index in [1.165, 1.54) is 103 Å². The second-order valence-corrected chi connectivity index (χ2v) is 15.1. The summed E-state index contributed by atoms with van der Waals surface area (Å²) in [6.07, 6.45) is 52.0. The Bertz CT molecular complexity index is 1020. The van der Waals surface area contributed by atoms with Crippen LogP contribution in [0.4, 0.5) is 0 Å². The van der Waals surface area contributed by atoms with Crippen LogP contribution in [0.15, 0.2) is 60.8 Å². The average molecular weight is 769 g/mol. The fraction of sp³-hybridized carbons (Fsp3) is 0.735. The topological polar surface area (TPSA) is 78.9 Å². The molecule has 0 aliphatic rings. The van der Waals surface area contributed by atoms with E-state index >= 15 is 0 Å². The van der Waals surface area contributed by atoms with Crippen LogP contribution < -0.4 is 0 Å². The third kappa shape index (κ3) is 42.1. The number of hydrogen-bond acceptors (Lipinski definition) is 6. The molecule has 0 aromatic carbocycles. The van der Waals surface area contributed by atoms with Gasteiger partial charge in [-0.25, -0.2) is 0 Å². The zero-order chi connectivity index (χ0) is 40.1. The molecule has 1 atom stereocenters. The summed E-state index contributed by atoms with van der Waals surface area (Å²) >= 11 is 0. The number of unbranched alkanes of at least 4 members (excludes halogenated alkanes) is 23. The Morgan fingerprint density at radius 2 is 0.709 bits per heavy atom. The zero-order valence-electron chi connectivity index (χ0n) is 35.9. The van der Waals surface area contributed by atoms with E-state index in [0.717, 1.165) is 70.6 Å². The van der Waals surface area contributed by atoms with Crippen molar-refractivity contribution < 1.29 is 28.6 Å². The molecule has 0 aliphatic heterocycles. The third-order valence-electron chi connectivity index (χ3n) is 9.66. The van der Waals surface area contributed by atoms with Crippen molar-refractivity contribution in [2.24, 2.45) is 0 Å². The average Bonchev–Trinajstić information content (AvgIpc) is 3.18. The van der Waals surface area contributed by atoms with Crippen LogP contribution in [0.2, 0.25) is 0 Å². The summed E-state index contributed by atoms with van der Waals surface area (Å²) in [5.74, 6) is -0.932. The number of ether oxygens (including phenoxy) is 3. The monoisotopic (exact) mass is 769 g/mol. The molecule has 0 rings (SSSR count). The minimum Gasteiger partial charge on any atom is -0.462 e. The van der Waals surface area contributed by atoms with Crippen molar-refractivity contribution in [2.45, 2.75) is 219 Å². The molecule has 0 saturated carbocycles. The van der Waals surface area contributed by atoms with Gasteiger partial charge in [-0.05, 0) is 38.5 Å². The Morgan fingerprint density at radius 3 is 1.11 bits per heavy atom. The molecular formula is C49H84O6. The van der Waals surface area contributed by atoms with Crippen molar-refractivity contribution in [1.82, 2.24) is 0 Å². The lowest BCUT2D eigenvalue weighted by Crippen LogP contribution is -2.30. The summed E-state index contributed by atoms with van der Waals surface area (Å²) in [6.45, 7) is 6.43. The van der Waals surface area contributed by atoms with Gasteiger partial charge in [0.25, 0.3) is 0 Å². The van der Waals surface area contributed by atoms with Crippen molar-refractivity contribution in [1.29, 1.82) is 0 Å². The highest BCUT2D eigenvalue weighted by Gasteiger charge is 2.19. The van der Waals surface area contributed by atoms with Gasteiger partial charge in [0, 0.05) is 19.3 Å².